The van der Waals surface area contributed by atoms with Crippen molar-refractivity contribution >= 4 is 15.9 Å². The molecule has 20 heavy (non-hydrogen) atoms. The molecule has 118 valence electrons. The molecule has 1 aliphatic heterocycles. The predicted molar refractivity (Wildman–Crippen MR) is 80.9 cm³/mol. The first kappa shape index (κ1) is 17.4. The molecule has 1 aliphatic rings. The number of piperidine rings is 1. The molecule has 1 saturated heterocycles. The summed E-state index contributed by atoms with van der Waals surface area (Å²) in [5.74, 6) is 0.271. The first-order chi connectivity index (χ1) is 9.16. The van der Waals surface area contributed by atoms with Crippen LogP contribution in [0.15, 0.2) is 0 Å². The average molecular weight is 304 g/mol. The molecule has 0 aromatic carbocycles. The van der Waals surface area contributed by atoms with Gasteiger partial charge in [-0.15, -0.1) is 0 Å². The highest BCUT2D eigenvalue weighted by molar-refractivity contribution is 7.89. The topological polar surface area (TPSA) is 66.5 Å². The van der Waals surface area contributed by atoms with Crippen LogP contribution in [0.1, 0.15) is 53.4 Å². The lowest BCUT2D eigenvalue weighted by Gasteiger charge is -2.33. The standard InChI is InChI=1S/C14H28N2O3S/c1-5-6-11-20(18,19)16-9-7-12(8-10-16)15-13(17)14(2,3)4/h12H,5-11H2,1-4H3,(H,15,17). The molecule has 0 saturated carbocycles. The molecule has 0 atom stereocenters. The van der Waals surface area contributed by atoms with Gasteiger partial charge in [0.15, 0.2) is 0 Å². The van der Waals surface area contributed by atoms with Crippen molar-refractivity contribution in [2.75, 3.05) is 18.8 Å². The van der Waals surface area contributed by atoms with Gasteiger partial charge in [0.05, 0.1) is 5.75 Å². The Morgan fingerprint density at radius 2 is 1.80 bits per heavy atom. The number of hydrogen-bond donors (Lipinski definition) is 1. The van der Waals surface area contributed by atoms with E-state index in [1.54, 1.807) is 4.31 Å². The second-order valence-corrected chi connectivity index (χ2v) is 8.65. The molecule has 5 nitrogen and oxygen atoms in total. The Morgan fingerprint density at radius 3 is 2.25 bits per heavy atom. The van der Waals surface area contributed by atoms with Crippen molar-refractivity contribution in [1.82, 2.24) is 9.62 Å². The van der Waals surface area contributed by atoms with Crippen molar-refractivity contribution in [3.05, 3.63) is 0 Å². The van der Waals surface area contributed by atoms with Gasteiger partial charge in [-0.05, 0) is 19.3 Å². The van der Waals surface area contributed by atoms with Gasteiger partial charge in [0, 0.05) is 24.5 Å². The molecule has 0 bridgehead atoms. The van der Waals surface area contributed by atoms with E-state index in [0.29, 0.717) is 32.4 Å². The van der Waals surface area contributed by atoms with Crippen molar-refractivity contribution in [2.24, 2.45) is 5.41 Å². The summed E-state index contributed by atoms with van der Waals surface area (Å²) in [6.45, 7) is 8.66. The Morgan fingerprint density at radius 1 is 1.25 bits per heavy atom. The molecule has 0 spiro atoms. The zero-order valence-corrected chi connectivity index (χ0v) is 13.9. The van der Waals surface area contributed by atoms with Gasteiger partial charge in [0.2, 0.25) is 15.9 Å². The van der Waals surface area contributed by atoms with Crippen molar-refractivity contribution in [2.45, 2.75) is 59.4 Å². The number of carbonyl (C=O) groups is 1. The van der Waals surface area contributed by atoms with Crippen LogP contribution in [0.5, 0.6) is 0 Å². The van der Waals surface area contributed by atoms with Crippen LogP contribution in [0.2, 0.25) is 0 Å². The van der Waals surface area contributed by atoms with Gasteiger partial charge in [-0.1, -0.05) is 34.1 Å². The molecule has 1 fully saturated rings. The fourth-order valence-electron chi connectivity index (χ4n) is 2.14. The molecule has 0 aromatic rings. The third-order valence-electron chi connectivity index (χ3n) is 3.62. The number of nitrogens with zero attached hydrogens (tertiary/aromatic N) is 1. The number of sulfonamides is 1. The Balaban J connectivity index is 2.46. The fraction of sp³-hybridized carbons (Fsp3) is 0.929. The smallest absolute Gasteiger partial charge is 0.225 e. The summed E-state index contributed by atoms with van der Waals surface area (Å²) in [5, 5.41) is 3.01. The van der Waals surface area contributed by atoms with Crippen molar-refractivity contribution in [1.29, 1.82) is 0 Å². The van der Waals surface area contributed by atoms with Crippen LogP contribution in [-0.4, -0.2) is 43.5 Å². The van der Waals surface area contributed by atoms with Crippen LogP contribution in [0.3, 0.4) is 0 Å². The Hall–Kier alpha value is -0.620. The van der Waals surface area contributed by atoms with Gasteiger partial charge in [0.25, 0.3) is 0 Å². The highest BCUT2D eigenvalue weighted by atomic mass is 32.2. The van der Waals surface area contributed by atoms with Crippen LogP contribution in [0.25, 0.3) is 0 Å². The zero-order chi connectivity index (χ0) is 15.4. The molecule has 0 aliphatic carbocycles. The SMILES string of the molecule is CCCCS(=O)(=O)N1CCC(NC(=O)C(C)(C)C)CC1. The van der Waals surface area contributed by atoms with E-state index in [9.17, 15) is 13.2 Å². The summed E-state index contributed by atoms with van der Waals surface area (Å²) >= 11 is 0. The molecule has 0 aromatic heterocycles. The maximum absolute atomic E-state index is 12.1. The number of nitrogens with one attached hydrogen (secondary N) is 1. The van der Waals surface area contributed by atoms with Crippen molar-refractivity contribution in [3.63, 3.8) is 0 Å². The normalized spacial score (nSPS) is 19.0. The highest BCUT2D eigenvalue weighted by Crippen LogP contribution is 2.18. The van der Waals surface area contributed by atoms with E-state index in [2.05, 4.69) is 5.32 Å². The van der Waals surface area contributed by atoms with Gasteiger partial charge in [-0.2, -0.15) is 0 Å². The summed E-state index contributed by atoms with van der Waals surface area (Å²) < 4.78 is 25.7. The van der Waals surface area contributed by atoms with E-state index in [4.69, 9.17) is 0 Å². The molecule has 1 N–H and O–H groups in total. The number of hydrogen-bond acceptors (Lipinski definition) is 3. The quantitative estimate of drug-likeness (QED) is 0.841. The summed E-state index contributed by atoms with van der Waals surface area (Å²) in [7, 11) is -3.11. The monoisotopic (exact) mass is 304 g/mol. The lowest BCUT2D eigenvalue weighted by atomic mass is 9.94. The second-order valence-electron chi connectivity index (χ2n) is 6.57. The number of unbranched alkanes of at least 4 members (excludes halogenated alkanes) is 1. The number of carbonyl (C=O) groups excluding carboxylic acids is 1. The number of rotatable bonds is 5. The Bertz CT molecular complexity index is 418. The molecule has 0 unspecified atom stereocenters. The van der Waals surface area contributed by atoms with E-state index >= 15 is 0 Å². The van der Waals surface area contributed by atoms with E-state index in [1.807, 2.05) is 27.7 Å². The van der Waals surface area contributed by atoms with Gasteiger partial charge in [-0.25, -0.2) is 12.7 Å². The van der Waals surface area contributed by atoms with Crippen LogP contribution in [0, 0.1) is 5.41 Å². The van der Waals surface area contributed by atoms with Crippen LogP contribution >= 0.6 is 0 Å². The molecule has 1 heterocycles. The maximum Gasteiger partial charge on any atom is 0.225 e. The van der Waals surface area contributed by atoms with E-state index in [1.165, 1.54) is 0 Å². The molecule has 1 amide bonds. The second kappa shape index (κ2) is 6.89. The van der Waals surface area contributed by atoms with Gasteiger partial charge < -0.3 is 5.32 Å². The predicted octanol–water partition coefficient (Wildman–Crippen LogP) is 1.74. The first-order valence-electron chi connectivity index (χ1n) is 7.45. The largest absolute Gasteiger partial charge is 0.353 e. The summed E-state index contributed by atoms with van der Waals surface area (Å²) in [6.07, 6.45) is 3.00. The third-order valence-corrected chi connectivity index (χ3v) is 5.58. The lowest BCUT2D eigenvalue weighted by Crippen LogP contribution is -2.49. The molecule has 1 rings (SSSR count). The molecule has 6 heteroatoms. The van der Waals surface area contributed by atoms with Gasteiger partial charge in [-0.3, -0.25) is 4.79 Å². The fourth-order valence-corrected chi connectivity index (χ4v) is 3.81. The van der Waals surface area contributed by atoms with E-state index < -0.39 is 15.4 Å². The van der Waals surface area contributed by atoms with E-state index in [-0.39, 0.29) is 17.7 Å². The van der Waals surface area contributed by atoms with Crippen LogP contribution in [0.4, 0.5) is 0 Å². The van der Waals surface area contributed by atoms with E-state index in [0.717, 1.165) is 6.42 Å². The number of amides is 1. The summed E-state index contributed by atoms with van der Waals surface area (Å²) in [4.78, 5) is 11.9. The Labute approximate surface area is 123 Å². The molecular formula is C14H28N2O3S. The summed E-state index contributed by atoms with van der Waals surface area (Å²) in [6, 6.07) is 0.0966. The zero-order valence-electron chi connectivity index (χ0n) is 13.1. The highest BCUT2D eigenvalue weighted by Gasteiger charge is 2.30. The average Bonchev–Trinajstić information content (AvgIpc) is 2.36. The minimum atomic E-state index is -3.11. The maximum atomic E-state index is 12.1. The van der Waals surface area contributed by atoms with Crippen LogP contribution in [-0.2, 0) is 14.8 Å². The third kappa shape index (κ3) is 5.05. The lowest BCUT2D eigenvalue weighted by molar-refractivity contribution is -0.129. The Kier molecular flexibility index (Phi) is 6.01. The summed E-state index contributed by atoms with van der Waals surface area (Å²) in [5.41, 5.74) is -0.398. The minimum absolute atomic E-state index is 0.0322. The van der Waals surface area contributed by atoms with Gasteiger partial charge >= 0.3 is 0 Å². The molecule has 0 radical (unpaired) electrons. The molecular weight excluding hydrogens is 276 g/mol. The first-order valence-corrected chi connectivity index (χ1v) is 9.06. The minimum Gasteiger partial charge on any atom is -0.353 e. The van der Waals surface area contributed by atoms with Crippen molar-refractivity contribution in [3.8, 4) is 0 Å². The van der Waals surface area contributed by atoms with Crippen molar-refractivity contribution < 1.29 is 13.2 Å². The van der Waals surface area contributed by atoms with Crippen LogP contribution < -0.4 is 5.32 Å². The van der Waals surface area contributed by atoms with Gasteiger partial charge in [0.1, 0.15) is 0 Å².